The average Bonchev–Trinajstić information content (AvgIpc) is 2.39. The van der Waals surface area contributed by atoms with E-state index in [0.29, 0.717) is 26.4 Å². The van der Waals surface area contributed by atoms with Crippen LogP contribution in [0, 0.1) is 0 Å². The van der Waals surface area contributed by atoms with Gasteiger partial charge in [0.1, 0.15) is 0 Å². The molecule has 0 amide bonds. The minimum Gasteiger partial charge on any atom is -0.396 e. The molecule has 0 spiro atoms. The smallest absolute Gasteiger partial charge is 0.0428 e. The average molecular weight is 274 g/mol. The third-order valence-corrected chi connectivity index (χ3v) is 0.894. The van der Waals surface area contributed by atoms with Crippen molar-refractivity contribution >= 4 is 0 Å². The maximum absolute atomic E-state index is 7.88. The van der Waals surface area contributed by atoms with Gasteiger partial charge in [-0.1, -0.05) is 27.7 Å². The first kappa shape index (κ1) is 36.1. The highest BCUT2D eigenvalue weighted by atomic mass is 16.3. The van der Waals surface area contributed by atoms with E-state index in [1.165, 1.54) is 0 Å². The first-order chi connectivity index (χ1) is 7.66. The van der Waals surface area contributed by atoms with Gasteiger partial charge in [-0.25, -0.2) is 0 Å². The summed E-state index contributed by atoms with van der Waals surface area (Å²) in [4.78, 5) is 0. The summed E-state index contributed by atoms with van der Waals surface area (Å²) in [5.74, 6) is 0. The van der Waals surface area contributed by atoms with Crippen LogP contribution in [0.1, 0.15) is 53.4 Å². The number of aliphatic hydroxyl groups excluding tert-OH is 4. The second-order valence-electron chi connectivity index (χ2n) is 2.89. The van der Waals surface area contributed by atoms with Gasteiger partial charge >= 0.3 is 0 Å². The van der Waals surface area contributed by atoms with Gasteiger partial charge < -0.3 is 32.7 Å². The van der Waals surface area contributed by atoms with Crippen LogP contribution in [0.15, 0.2) is 0 Å². The van der Waals surface area contributed by atoms with Crippen molar-refractivity contribution in [3.8, 4) is 0 Å². The predicted octanol–water partition coefficient (Wildman–Crippen LogP) is 1.88. The molecule has 18 heavy (non-hydrogen) atoms. The van der Waals surface area contributed by atoms with Gasteiger partial charge in [0.15, 0.2) is 0 Å². The molecule has 0 aliphatic carbocycles. The van der Waals surface area contributed by atoms with E-state index in [9.17, 15) is 0 Å². The Kier molecular flexibility index (Phi) is 139. The van der Waals surface area contributed by atoms with E-state index in [1.807, 2.05) is 27.7 Å². The maximum Gasteiger partial charge on any atom is 0.0428 e. The fourth-order valence-corrected chi connectivity index (χ4v) is 0. The first-order valence-corrected chi connectivity index (χ1v) is 6.09. The molecule has 6 heteroatoms. The summed E-state index contributed by atoms with van der Waals surface area (Å²) in [5.41, 5.74) is 0. The lowest BCUT2D eigenvalue weighted by molar-refractivity contribution is 0.294. The minimum atomic E-state index is 0. The molecule has 0 bridgehead atoms. The monoisotopic (exact) mass is 274 g/mol. The van der Waals surface area contributed by atoms with Gasteiger partial charge in [-0.2, -0.15) is 0 Å². The second-order valence-corrected chi connectivity index (χ2v) is 2.89. The normalized spacial score (nSPS) is 6.67. The number of aliphatic hydroxyl groups is 4. The third-order valence-electron chi connectivity index (χ3n) is 0.894. The summed E-state index contributed by atoms with van der Waals surface area (Å²) in [5, 5.41) is 31.5. The van der Waals surface area contributed by atoms with Crippen LogP contribution < -0.4 is 12.3 Å². The van der Waals surface area contributed by atoms with Gasteiger partial charge in [0.2, 0.25) is 0 Å². The minimum absolute atomic E-state index is 0. The van der Waals surface area contributed by atoms with Crippen LogP contribution in [0.25, 0.3) is 0 Å². The van der Waals surface area contributed by atoms with Gasteiger partial charge in [0, 0.05) is 26.4 Å². The molecule has 0 aliphatic rings. The molecular formula is C12H38N2O4. The molecule has 0 rings (SSSR count). The number of hydrogen-bond acceptors (Lipinski definition) is 6. The summed E-state index contributed by atoms with van der Waals surface area (Å²) in [6.45, 7) is 9.00. The van der Waals surface area contributed by atoms with Crippen molar-refractivity contribution in [1.82, 2.24) is 12.3 Å². The Morgan fingerprint density at radius 3 is 0.500 bits per heavy atom. The van der Waals surface area contributed by atoms with Crippen LogP contribution in [-0.4, -0.2) is 46.9 Å². The van der Waals surface area contributed by atoms with E-state index >= 15 is 0 Å². The van der Waals surface area contributed by atoms with Crippen molar-refractivity contribution in [3.05, 3.63) is 0 Å². The Balaban J connectivity index is -0.0000000257. The van der Waals surface area contributed by atoms with Gasteiger partial charge in [-0.3, -0.25) is 0 Å². The van der Waals surface area contributed by atoms with Crippen molar-refractivity contribution in [1.29, 1.82) is 0 Å². The highest BCUT2D eigenvalue weighted by Gasteiger charge is 1.58. The molecule has 0 saturated carbocycles. The van der Waals surface area contributed by atoms with E-state index < -0.39 is 0 Å². The largest absolute Gasteiger partial charge is 0.396 e. The molecule has 120 valence electrons. The van der Waals surface area contributed by atoms with Crippen LogP contribution in [0.3, 0.4) is 0 Å². The Labute approximate surface area is 113 Å². The van der Waals surface area contributed by atoms with Gasteiger partial charge in [-0.15, -0.1) is 0 Å². The summed E-state index contributed by atoms with van der Waals surface area (Å²) < 4.78 is 0. The van der Waals surface area contributed by atoms with Crippen LogP contribution in [-0.2, 0) is 0 Å². The van der Waals surface area contributed by atoms with E-state index in [2.05, 4.69) is 0 Å². The van der Waals surface area contributed by atoms with E-state index in [0.717, 1.165) is 25.7 Å². The van der Waals surface area contributed by atoms with Gasteiger partial charge in [-0.05, 0) is 25.7 Å². The zero-order valence-electron chi connectivity index (χ0n) is 12.9. The van der Waals surface area contributed by atoms with Crippen LogP contribution >= 0.6 is 0 Å². The lowest BCUT2D eigenvalue weighted by Crippen LogP contribution is -1.69. The van der Waals surface area contributed by atoms with Gasteiger partial charge in [0.05, 0.1) is 0 Å². The Bertz CT molecular complexity index is 46.0. The molecule has 0 aromatic heterocycles. The molecule has 6 nitrogen and oxygen atoms in total. The van der Waals surface area contributed by atoms with Crippen molar-refractivity contribution in [3.63, 3.8) is 0 Å². The Morgan fingerprint density at radius 2 is 0.500 bits per heavy atom. The van der Waals surface area contributed by atoms with Crippen LogP contribution in [0.5, 0.6) is 0 Å². The summed E-state index contributed by atoms with van der Waals surface area (Å²) in [6.07, 6.45) is 3.50. The first-order valence-electron chi connectivity index (χ1n) is 6.09. The van der Waals surface area contributed by atoms with Crippen molar-refractivity contribution in [2.45, 2.75) is 53.4 Å². The highest BCUT2D eigenvalue weighted by molar-refractivity contribution is 4.11. The molecule has 0 aliphatic heterocycles. The van der Waals surface area contributed by atoms with E-state index in [-0.39, 0.29) is 12.3 Å². The topological polar surface area (TPSA) is 151 Å². The molecular weight excluding hydrogens is 236 g/mol. The lowest BCUT2D eigenvalue weighted by atomic mass is 10.5. The van der Waals surface area contributed by atoms with E-state index in [4.69, 9.17) is 20.4 Å². The Morgan fingerprint density at radius 1 is 0.444 bits per heavy atom. The molecule has 0 unspecified atom stereocenters. The summed E-state index contributed by atoms with van der Waals surface area (Å²) in [6, 6.07) is 0. The second kappa shape index (κ2) is 69.1. The van der Waals surface area contributed by atoms with Crippen molar-refractivity contribution in [2.75, 3.05) is 26.4 Å². The SMILES string of the molecule is CCCO.CCCO.CCCO.CCCO.N.N. The molecule has 0 aromatic rings. The number of hydrogen-bond donors (Lipinski definition) is 6. The van der Waals surface area contributed by atoms with Crippen molar-refractivity contribution < 1.29 is 20.4 Å². The Hall–Kier alpha value is -0.240. The molecule has 0 saturated heterocycles. The van der Waals surface area contributed by atoms with Crippen LogP contribution in [0.2, 0.25) is 0 Å². The molecule has 0 radical (unpaired) electrons. The zero-order valence-corrected chi connectivity index (χ0v) is 12.9. The van der Waals surface area contributed by atoms with Gasteiger partial charge in [0.25, 0.3) is 0 Å². The third kappa shape index (κ3) is 243. The number of rotatable bonds is 4. The lowest BCUT2D eigenvalue weighted by Gasteiger charge is -1.69. The molecule has 0 aromatic carbocycles. The fraction of sp³-hybridized carbons (Fsp3) is 1.00. The highest BCUT2D eigenvalue weighted by Crippen LogP contribution is 1.62. The quantitative estimate of drug-likeness (QED) is 0.460. The fourth-order valence-electron chi connectivity index (χ4n) is 0. The molecule has 0 heterocycles. The predicted molar refractivity (Wildman–Crippen MR) is 79.6 cm³/mol. The van der Waals surface area contributed by atoms with E-state index in [1.54, 1.807) is 0 Å². The zero-order chi connectivity index (χ0) is 13.7. The maximum atomic E-state index is 7.88. The molecule has 10 N–H and O–H groups in total. The van der Waals surface area contributed by atoms with Crippen molar-refractivity contribution in [2.24, 2.45) is 0 Å². The molecule has 0 atom stereocenters. The summed E-state index contributed by atoms with van der Waals surface area (Å²) >= 11 is 0. The summed E-state index contributed by atoms with van der Waals surface area (Å²) in [7, 11) is 0. The standard InChI is InChI=1S/4C3H8O.2H3N/c4*1-2-3-4;;/h4*4H,2-3H2,1H3;2*1H3. The molecule has 0 fully saturated rings. The van der Waals surface area contributed by atoms with Crippen LogP contribution in [0.4, 0.5) is 0 Å².